The topological polar surface area (TPSA) is 75.5 Å². The van der Waals surface area contributed by atoms with Crippen molar-refractivity contribution in [1.82, 2.24) is 5.32 Å². The zero-order valence-electron chi connectivity index (χ0n) is 16.7. The van der Waals surface area contributed by atoms with Crippen LogP contribution in [-0.4, -0.2) is 45.6 Å². The summed E-state index contributed by atoms with van der Waals surface area (Å²) in [6, 6.07) is 13.4. The van der Waals surface area contributed by atoms with E-state index < -0.39 is 0 Å². The molecule has 2 aromatic carbocycles. The highest BCUT2D eigenvalue weighted by atomic mass is 32.2. The third-order valence-corrected chi connectivity index (χ3v) is 5.04. The van der Waals surface area contributed by atoms with E-state index in [4.69, 9.17) is 9.47 Å². The van der Waals surface area contributed by atoms with Crippen LogP contribution in [0.5, 0.6) is 11.5 Å². The summed E-state index contributed by atoms with van der Waals surface area (Å²) in [5.74, 6) is 1.12. The lowest BCUT2D eigenvalue weighted by atomic mass is 10.2. The summed E-state index contributed by atoms with van der Waals surface area (Å²) < 4.78 is 10.5. The van der Waals surface area contributed by atoms with Crippen LogP contribution in [0.2, 0.25) is 0 Å². The number of rotatable bonds is 6. The van der Waals surface area contributed by atoms with Gasteiger partial charge in [0.1, 0.15) is 11.5 Å². The predicted octanol–water partition coefficient (Wildman–Crippen LogP) is 3.36. The van der Waals surface area contributed by atoms with E-state index in [-0.39, 0.29) is 5.91 Å². The molecule has 0 radical (unpaired) electrons. The Morgan fingerprint density at radius 1 is 1.07 bits per heavy atom. The van der Waals surface area contributed by atoms with Crippen LogP contribution in [0.15, 0.2) is 57.6 Å². The number of hydrogen-bond donors (Lipinski definition) is 1. The Balaban J connectivity index is 1.71. The zero-order chi connectivity index (χ0) is 20.8. The first-order valence-electron chi connectivity index (χ1n) is 8.81. The second-order valence-corrected chi connectivity index (χ2v) is 7.34. The van der Waals surface area contributed by atoms with Crippen molar-refractivity contribution in [2.24, 2.45) is 10.2 Å². The van der Waals surface area contributed by atoms with E-state index in [0.29, 0.717) is 21.6 Å². The second-order valence-electron chi connectivity index (χ2n) is 6.31. The minimum absolute atomic E-state index is 0.192. The van der Waals surface area contributed by atoms with Crippen molar-refractivity contribution >= 4 is 40.8 Å². The van der Waals surface area contributed by atoms with Gasteiger partial charge in [0.05, 0.1) is 25.3 Å². The van der Waals surface area contributed by atoms with Gasteiger partial charge in [0, 0.05) is 31.4 Å². The van der Waals surface area contributed by atoms with Crippen molar-refractivity contribution in [1.29, 1.82) is 0 Å². The monoisotopic (exact) mass is 410 g/mol. The molecule has 1 heterocycles. The average molecular weight is 410 g/mol. The van der Waals surface area contributed by atoms with Gasteiger partial charge in [-0.3, -0.25) is 10.1 Å². The van der Waals surface area contributed by atoms with Crippen molar-refractivity contribution in [3.05, 3.63) is 58.5 Å². The molecular formula is C21H22N4O3S. The van der Waals surface area contributed by atoms with E-state index in [0.717, 1.165) is 16.8 Å². The van der Waals surface area contributed by atoms with Crippen LogP contribution >= 0.6 is 11.8 Å². The second kappa shape index (κ2) is 9.29. The van der Waals surface area contributed by atoms with Gasteiger partial charge in [0.25, 0.3) is 5.91 Å². The molecule has 0 saturated carbocycles. The minimum Gasteiger partial charge on any atom is -0.497 e. The van der Waals surface area contributed by atoms with E-state index in [9.17, 15) is 4.79 Å². The molecule has 1 saturated heterocycles. The molecule has 3 rings (SSSR count). The Kier molecular flexibility index (Phi) is 6.56. The van der Waals surface area contributed by atoms with Gasteiger partial charge < -0.3 is 14.4 Å². The molecule has 0 aliphatic carbocycles. The molecule has 1 aliphatic heterocycles. The molecule has 0 atom stereocenters. The van der Waals surface area contributed by atoms with E-state index in [2.05, 4.69) is 15.5 Å². The van der Waals surface area contributed by atoms with Gasteiger partial charge in [-0.25, -0.2) is 0 Å². The van der Waals surface area contributed by atoms with Crippen molar-refractivity contribution < 1.29 is 14.3 Å². The van der Waals surface area contributed by atoms with E-state index in [1.807, 2.05) is 61.5 Å². The standard InChI is InChI=1S/C21H22N4O3S/c1-25(2)16-8-5-14(6-9-16)11-19-20(26)23-21(29-19)24-22-13-15-7-10-17(27-3)12-18(15)28-4/h5-13H,1-4H3,(H,23,24,26)/b19-11+,22-13-. The third-order valence-electron chi connectivity index (χ3n) is 4.14. The van der Waals surface area contributed by atoms with Crippen molar-refractivity contribution in [3.63, 3.8) is 0 Å². The summed E-state index contributed by atoms with van der Waals surface area (Å²) in [7, 11) is 7.14. The number of amidine groups is 1. The number of nitrogens with zero attached hydrogens (tertiary/aromatic N) is 3. The van der Waals surface area contributed by atoms with Gasteiger partial charge in [-0.1, -0.05) is 12.1 Å². The Morgan fingerprint density at radius 3 is 2.48 bits per heavy atom. The Labute approximate surface area is 174 Å². The van der Waals surface area contributed by atoms with Crippen LogP contribution in [0, 0.1) is 0 Å². The lowest BCUT2D eigenvalue weighted by Gasteiger charge is -2.11. The molecule has 0 unspecified atom stereocenters. The molecule has 0 spiro atoms. The number of thioether (sulfide) groups is 1. The van der Waals surface area contributed by atoms with Gasteiger partial charge in [0.2, 0.25) is 0 Å². The molecule has 8 heteroatoms. The molecule has 7 nitrogen and oxygen atoms in total. The summed E-state index contributed by atoms with van der Waals surface area (Å²) in [5.41, 5.74) is 2.80. The Morgan fingerprint density at radius 2 is 1.83 bits per heavy atom. The number of hydrogen-bond acceptors (Lipinski definition) is 7. The fourth-order valence-electron chi connectivity index (χ4n) is 2.56. The third kappa shape index (κ3) is 5.17. The smallest absolute Gasteiger partial charge is 0.264 e. The van der Waals surface area contributed by atoms with Crippen LogP contribution in [0.1, 0.15) is 11.1 Å². The number of carbonyl (C=O) groups excluding carboxylic acids is 1. The largest absolute Gasteiger partial charge is 0.497 e. The maximum absolute atomic E-state index is 12.2. The summed E-state index contributed by atoms with van der Waals surface area (Å²) in [6.07, 6.45) is 3.40. The molecule has 1 N–H and O–H groups in total. The molecular weight excluding hydrogens is 388 g/mol. The Bertz CT molecular complexity index is 982. The number of amides is 1. The first kappa shape index (κ1) is 20.5. The lowest BCUT2D eigenvalue weighted by Crippen LogP contribution is -2.19. The number of anilines is 1. The molecule has 2 aromatic rings. The average Bonchev–Trinajstić information content (AvgIpc) is 3.07. The van der Waals surface area contributed by atoms with Crippen LogP contribution in [0.4, 0.5) is 5.69 Å². The van der Waals surface area contributed by atoms with Crippen molar-refractivity contribution in [2.75, 3.05) is 33.2 Å². The fraction of sp³-hybridized carbons (Fsp3) is 0.190. The van der Waals surface area contributed by atoms with E-state index in [1.165, 1.54) is 11.8 Å². The van der Waals surface area contributed by atoms with Crippen LogP contribution < -0.4 is 19.7 Å². The molecule has 29 heavy (non-hydrogen) atoms. The number of benzene rings is 2. The maximum Gasteiger partial charge on any atom is 0.264 e. The lowest BCUT2D eigenvalue weighted by molar-refractivity contribution is -0.115. The first-order valence-corrected chi connectivity index (χ1v) is 9.63. The summed E-state index contributed by atoms with van der Waals surface area (Å²) >= 11 is 1.25. The summed E-state index contributed by atoms with van der Waals surface area (Å²) in [6.45, 7) is 0. The van der Waals surface area contributed by atoms with E-state index >= 15 is 0 Å². The molecule has 0 bridgehead atoms. The van der Waals surface area contributed by atoms with Crippen LogP contribution in [0.25, 0.3) is 6.08 Å². The van der Waals surface area contributed by atoms with Crippen molar-refractivity contribution in [3.8, 4) is 11.5 Å². The first-order chi connectivity index (χ1) is 14.0. The van der Waals surface area contributed by atoms with Crippen molar-refractivity contribution in [2.45, 2.75) is 0 Å². The molecule has 1 fully saturated rings. The van der Waals surface area contributed by atoms with Gasteiger partial charge >= 0.3 is 0 Å². The molecule has 0 aromatic heterocycles. The SMILES string of the molecule is COc1ccc(/C=N\N=C2/NC(=O)/C(=C\c3ccc(N(C)C)cc3)S2)c(OC)c1. The van der Waals surface area contributed by atoms with Crippen LogP contribution in [0.3, 0.4) is 0 Å². The highest BCUT2D eigenvalue weighted by molar-refractivity contribution is 8.18. The van der Waals surface area contributed by atoms with Gasteiger partial charge in [-0.05, 0) is 47.7 Å². The van der Waals surface area contributed by atoms with Crippen LogP contribution in [-0.2, 0) is 4.79 Å². The molecule has 1 aliphatic rings. The molecule has 1 amide bonds. The predicted molar refractivity (Wildman–Crippen MR) is 119 cm³/mol. The number of nitrogens with one attached hydrogen (secondary N) is 1. The summed E-state index contributed by atoms with van der Waals surface area (Å²) in [5, 5.41) is 11.3. The quantitative estimate of drug-likeness (QED) is 0.449. The van der Waals surface area contributed by atoms with Gasteiger partial charge in [-0.2, -0.15) is 5.10 Å². The highest BCUT2D eigenvalue weighted by Crippen LogP contribution is 2.27. The minimum atomic E-state index is -0.192. The fourth-order valence-corrected chi connectivity index (χ4v) is 3.34. The molecule has 150 valence electrons. The number of carbonyl (C=O) groups is 1. The normalized spacial score (nSPS) is 16.5. The van der Waals surface area contributed by atoms with Gasteiger partial charge in [0.15, 0.2) is 5.17 Å². The number of methoxy groups -OCH3 is 2. The summed E-state index contributed by atoms with van der Waals surface area (Å²) in [4.78, 5) is 14.8. The highest BCUT2D eigenvalue weighted by Gasteiger charge is 2.23. The van der Waals surface area contributed by atoms with Gasteiger partial charge in [-0.15, -0.1) is 5.10 Å². The number of ether oxygens (including phenoxy) is 2. The zero-order valence-corrected chi connectivity index (χ0v) is 17.5. The maximum atomic E-state index is 12.2. The Hall–Kier alpha value is -3.26. The van der Waals surface area contributed by atoms with E-state index in [1.54, 1.807) is 26.5 Å².